The largest absolute Gasteiger partial charge is 0.375 e. The summed E-state index contributed by atoms with van der Waals surface area (Å²) < 4.78 is 5.43. The smallest absolute Gasteiger partial charge is 0.227 e. The van der Waals surface area contributed by atoms with Crippen LogP contribution in [0.1, 0.15) is 6.42 Å². The highest BCUT2D eigenvalue weighted by Gasteiger charge is 2.17. The van der Waals surface area contributed by atoms with Gasteiger partial charge in [0.15, 0.2) is 0 Å². The molecule has 0 aliphatic carbocycles. The predicted octanol–water partition coefficient (Wildman–Crippen LogP) is -0.206. The van der Waals surface area contributed by atoms with E-state index in [0.717, 1.165) is 13.1 Å². The van der Waals surface area contributed by atoms with Crippen LogP contribution in [-0.4, -0.2) is 41.7 Å². The van der Waals surface area contributed by atoms with Gasteiger partial charge in [-0.15, -0.1) is 0 Å². The molecule has 0 aromatic carbocycles. The molecule has 16 heavy (non-hydrogen) atoms. The molecule has 1 aliphatic rings. The van der Waals surface area contributed by atoms with Gasteiger partial charge in [-0.25, -0.2) is 9.97 Å². The van der Waals surface area contributed by atoms with E-state index >= 15 is 0 Å². The first-order valence-electron chi connectivity index (χ1n) is 5.22. The summed E-state index contributed by atoms with van der Waals surface area (Å²) in [5.41, 5.74) is 0.608. The number of anilines is 1. The zero-order valence-corrected chi connectivity index (χ0v) is 8.85. The van der Waals surface area contributed by atoms with Gasteiger partial charge in [-0.1, -0.05) is 0 Å². The van der Waals surface area contributed by atoms with Gasteiger partial charge in [-0.05, 0) is 0 Å². The molecule has 0 radical (unpaired) electrons. The number of hydrogen-bond acceptors (Lipinski definition) is 5. The van der Waals surface area contributed by atoms with Crippen molar-refractivity contribution in [2.24, 2.45) is 0 Å². The topological polar surface area (TPSA) is 76.1 Å². The van der Waals surface area contributed by atoms with E-state index in [-0.39, 0.29) is 12.0 Å². The second kappa shape index (κ2) is 5.53. The van der Waals surface area contributed by atoms with E-state index in [9.17, 15) is 4.79 Å². The maximum Gasteiger partial charge on any atom is 0.227 e. The number of ether oxygens (including phenoxy) is 1. The number of hydrogen-bond donors (Lipinski definition) is 2. The second-order valence-electron chi connectivity index (χ2n) is 3.58. The molecule has 2 N–H and O–H groups in total. The van der Waals surface area contributed by atoms with E-state index in [1.54, 1.807) is 12.4 Å². The van der Waals surface area contributed by atoms with Crippen LogP contribution in [0.3, 0.4) is 0 Å². The van der Waals surface area contributed by atoms with Crippen molar-refractivity contribution in [3.05, 3.63) is 18.7 Å². The van der Waals surface area contributed by atoms with E-state index in [0.29, 0.717) is 18.7 Å². The van der Waals surface area contributed by atoms with Crippen molar-refractivity contribution in [3.8, 4) is 0 Å². The highest BCUT2D eigenvalue weighted by molar-refractivity contribution is 5.90. The third kappa shape index (κ3) is 3.25. The molecule has 1 amide bonds. The number of nitrogens with one attached hydrogen (secondary N) is 2. The van der Waals surface area contributed by atoms with Crippen LogP contribution in [0.25, 0.3) is 0 Å². The summed E-state index contributed by atoms with van der Waals surface area (Å²) in [6, 6.07) is 0. The van der Waals surface area contributed by atoms with Crippen molar-refractivity contribution in [1.82, 2.24) is 15.3 Å². The number of nitrogens with zero attached hydrogens (tertiary/aromatic N) is 2. The van der Waals surface area contributed by atoms with Crippen molar-refractivity contribution in [2.45, 2.75) is 12.5 Å². The molecule has 86 valence electrons. The molecule has 1 fully saturated rings. The molecule has 0 bridgehead atoms. The van der Waals surface area contributed by atoms with Crippen molar-refractivity contribution in [1.29, 1.82) is 0 Å². The Labute approximate surface area is 93.4 Å². The van der Waals surface area contributed by atoms with Crippen molar-refractivity contribution >= 4 is 11.6 Å². The Hall–Kier alpha value is -1.53. The van der Waals surface area contributed by atoms with Crippen molar-refractivity contribution in [2.75, 3.05) is 25.0 Å². The molecule has 1 aromatic heterocycles. The first-order chi connectivity index (χ1) is 7.84. The second-order valence-corrected chi connectivity index (χ2v) is 3.58. The molecular formula is C10H14N4O2. The summed E-state index contributed by atoms with van der Waals surface area (Å²) >= 11 is 0. The van der Waals surface area contributed by atoms with Crippen LogP contribution in [0.2, 0.25) is 0 Å². The molecule has 1 unspecified atom stereocenters. The molecule has 0 spiro atoms. The van der Waals surface area contributed by atoms with E-state index in [2.05, 4.69) is 20.6 Å². The lowest BCUT2D eigenvalue weighted by Crippen LogP contribution is -2.40. The summed E-state index contributed by atoms with van der Waals surface area (Å²) in [6.45, 7) is 2.23. The minimum Gasteiger partial charge on any atom is -0.375 e. The van der Waals surface area contributed by atoms with Gasteiger partial charge in [0.1, 0.15) is 6.33 Å². The molecule has 1 aromatic rings. The standard InChI is InChI=1S/C10H14N4O2/c15-10(3-9-6-11-1-2-16-9)14-8-4-12-7-13-5-8/h4-5,7,9,11H,1-3,6H2,(H,14,15). The van der Waals surface area contributed by atoms with E-state index in [1.165, 1.54) is 6.33 Å². The average molecular weight is 222 g/mol. The highest BCUT2D eigenvalue weighted by atomic mass is 16.5. The average Bonchev–Trinajstić information content (AvgIpc) is 2.31. The summed E-state index contributed by atoms with van der Waals surface area (Å²) in [5, 5.41) is 5.89. The number of carbonyl (C=O) groups excluding carboxylic acids is 1. The van der Waals surface area contributed by atoms with Gasteiger partial charge in [0.05, 0.1) is 37.2 Å². The number of amides is 1. The van der Waals surface area contributed by atoms with Crippen LogP contribution in [0, 0.1) is 0 Å². The van der Waals surface area contributed by atoms with Crippen LogP contribution >= 0.6 is 0 Å². The summed E-state index contributed by atoms with van der Waals surface area (Å²) in [5.74, 6) is -0.0801. The third-order valence-electron chi connectivity index (χ3n) is 2.26. The first kappa shape index (κ1) is 11.0. The Morgan fingerprint density at radius 1 is 1.56 bits per heavy atom. The minimum atomic E-state index is -0.0801. The van der Waals surface area contributed by atoms with Crippen LogP contribution in [0.4, 0.5) is 5.69 Å². The SMILES string of the molecule is O=C(CC1CNCCO1)Nc1cncnc1. The van der Waals surface area contributed by atoms with E-state index < -0.39 is 0 Å². The molecule has 6 heteroatoms. The molecule has 1 atom stereocenters. The summed E-state index contributed by atoms with van der Waals surface area (Å²) in [4.78, 5) is 19.2. The van der Waals surface area contributed by atoms with Gasteiger partial charge in [0, 0.05) is 13.1 Å². The Bertz CT molecular complexity index is 338. The summed E-state index contributed by atoms with van der Waals surface area (Å²) in [7, 11) is 0. The Morgan fingerprint density at radius 3 is 3.06 bits per heavy atom. The van der Waals surface area contributed by atoms with Gasteiger partial charge in [-0.3, -0.25) is 4.79 Å². The number of rotatable bonds is 3. The Balaban J connectivity index is 1.80. The maximum atomic E-state index is 11.6. The maximum absolute atomic E-state index is 11.6. The fourth-order valence-electron chi connectivity index (χ4n) is 1.53. The van der Waals surface area contributed by atoms with Gasteiger partial charge in [0.2, 0.25) is 5.91 Å². The summed E-state index contributed by atoms with van der Waals surface area (Å²) in [6.07, 6.45) is 4.85. The van der Waals surface area contributed by atoms with Crippen molar-refractivity contribution in [3.63, 3.8) is 0 Å². The molecule has 2 heterocycles. The quantitative estimate of drug-likeness (QED) is 0.740. The van der Waals surface area contributed by atoms with Gasteiger partial charge < -0.3 is 15.4 Å². The zero-order chi connectivity index (χ0) is 11.2. The Morgan fingerprint density at radius 2 is 2.38 bits per heavy atom. The first-order valence-corrected chi connectivity index (χ1v) is 5.22. The van der Waals surface area contributed by atoms with Crippen molar-refractivity contribution < 1.29 is 9.53 Å². The van der Waals surface area contributed by atoms with Crippen LogP contribution in [0.5, 0.6) is 0 Å². The lowest BCUT2D eigenvalue weighted by atomic mass is 10.2. The Kier molecular flexibility index (Phi) is 3.79. The molecule has 1 saturated heterocycles. The van der Waals surface area contributed by atoms with Crippen LogP contribution in [0.15, 0.2) is 18.7 Å². The van der Waals surface area contributed by atoms with Crippen LogP contribution in [-0.2, 0) is 9.53 Å². The fourth-order valence-corrected chi connectivity index (χ4v) is 1.53. The molecule has 0 saturated carbocycles. The molecule has 1 aliphatic heterocycles. The number of aromatic nitrogens is 2. The van der Waals surface area contributed by atoms with Crippen LogP contribution < -0.4 is 10.6 Å². The van der Waals surface area contributed by atoms with Gasteiger partial charge in [-0.2, -0.15) is 0 Å². The highest BCUT2D eigenvalue weighted by Crippen LogP contribution is 2.05. The lowest BCUT2D eigenvalue weighted by molar-refractivity contribution is -0.119. The molecule has 6 nitrogen and oxygen atoms in total. The molecular weight excluding hydrogens is 208 g/mol. The predicted molar refractivity (Wildman–Crippen MR) is 57.9 cm³/mol. The fraction of sp³-hybridized carbons (Fsp3) is 0.500. The lowest BCUT2D eigenvalue weighted by Gasteiger charge is -2.22. The third-order valence-corrected chi connectivity index (χ3v) is 2.26. The van der Waals surface area contributed by atoms with Gasteiger partial charge >= 0.3 is 0 Å². The zero-order valence-electron chi connectivity index (χ0n) is 8.85. The van der Waals surface area contributed by atoms with E-state index in [1.807, 2.05) is 0 Å². The molecule has 2 rings (SSSR count). The monoisotopic (exact) mass is 222 g/mol. The van der Waals surface area contributed by atoms with E-state index in [4.69, 9.17) is 4.74 Å². The van der Waals surface area contributed by atoms with Gasteiger partial charge in [0.25, 0.3) is 0 Å². The minimum absolute atomic E-state index is 0.0432. The number of morpholine rings is 1. The number of carbonyl (C=O) groups is 1. The normalized spacial score (nSPS) is 20.4.